The van der Waals surface area contributed by atoms with Gasteiger partial charge in [-0.2, -0.15) is 0 Å². The minimum Gasteiger partial charge on any atom is -0.508 e. The first kappa shape index (κ1) is 13.4. The summed E-state index contributed by atoms with van der Waals surface area (Å²) in [4.78, 5) is 2.41. The predicted molar refractivity (Wildman–Crippen MR) is 75.9 cm³/mol. The van der Waals surface area contributed by atoms with E-state index >= 15 is 0 Å². The summed E-state index contributed by atoms with van der Waals surface area (Å²) in [5, 5.41) is 9.36. The monoisotopic (exact) mass is 247 g/mol. The Morgan fingerprint density at radius 1 is 1.17 bits per heavy atom. The highest BCUT2D eigenvalue weighted by Crippen LogP contribution is 2.37. The van der Waals surface area contributed by atoms with Crippen LogP contribution in [0.1, 0.15) is 38.2 Å². The SMILES string of the molecule is CC1CCC(Cc2ccc(O)cc2)(N(C)C)CC1. The van der Waals surface area contributed by atoms with Gasteiger partial charge in [0.15, 0.2) is 0 Å². The van der Waals surface area contributed by atoms with Gasteiger partial charge in [-0.1, -0.05) is 19.1 Å². The highest BCUT2D eigenvalue weighted by atomic mass is 16.3. The lowest BCUT2D eigenvalue weighted by molar-refractivity contribution is 0.0830. The lowest BCUT2D eigenvalue weighted by Gasteiger charge is -2.45. The van der Waals surface area contributed by atoms with E-state index in [4.69, 9.17) is 0 Å². The Balaban J connectivity index is 2.13. The highest BCUT2D eigenvalue weighted by Gasteiger charge is 2.36. The van der Waals surface area contributed by atoms with Crippen LogP contribution in [0.15, 0.2) is 24.3 Å². The van der Waals surface area contributed by atoms with Gasteiger partial charge in [-0.15, -0.1) is 0 Å². The molecule has 0 aliphatic heterocycles. The summed E-state index contributed by atoms with van der Waals surface area (Å²) in [7, 11) is 4.41. The lowest BCUT2D eigenvalue weighted by Crippen LogP contribution is -2.48. The Bertz CT molecular complexity index is 375. The third-order valence-electron chi connectivity index (χ3n) is 4.62. The van der Waals surface area contributed by atoms with Gasteiger partial charge in [-0.3, -0.25) is 0 Å². The van der Waals surface area contributed by atoms with Crippen molar-refractivity contribution in [2.24, 2.45) is 5.92 Å². The van der Waals surface area contributed by atoms with Crippen LogP contribution in [0.2, 0.25) is 0 Å². The van der Waals surface area contributed by atoms with Crippen LogP contribution < -0.4 is 0 Å². The average Bonchev–Trinajstić information content (AvgIpc) is 2.35. The fourth-order valence-electron chi connectivity index (χ4n) is 3.08. The van der Waals surface area contributed by atoms with Crippen LogP contribution in [0, 0.1) is 5.92 Å². The molecule has 1 saturated carbocycles. The minimum absolute atomic E-state index is 0.309. The molecule has 1 aromatic rings. The number of rotatable bonds is 3. The van der Waals surface area contributed by atoms with E-state index in [-0.39, 0.29) is 0 Å². The molecule has 0 bridgehead atoms. The van der Waals surface area contributed by atoms with E-state index < -0.39 is 0 Å². The molecule has 2 heteroatoms. The summed E-state index contributed by atoms with van der Waals surface area (Å²) < 4.78 is 0. The molecule has 0 radical (unpaired) electrons. The Labute approximate surface area is 111 Å². The van der Waals surface area contributed by atoms with Gasteiger partial charge in [-0.05, 0) is 69.8 Å². The van der Waals surface area contributed by atoms with Crippen LogP contribution in [0.25, 0.3) is 0 Å². The third kappa shape index (κ3) is 2.86. The van der Waals surface area contributed by atoms with Crippen LogP contribution in [-0.2, 0) is 6.42 Å². The van der Waals surface area contributed by atoms with Crippen molar-refractivity contribution in [3.8, 4) is 5.75 Å². The number of phenols is 1. The Kier molecular flexibility index (Phi) is 3.96. The summed E-state index contributed by atoms with van der Waals surface area (Å²) in [6, 6.07) is 7.70. The van der Waals surface area contributed by atoms with E-state index in [2.05, 4.69) is 38.1 Å². The van der Waals surface area contributed by atoms with Gasteiger partial charge < -0.3 is 10.0 Å². The largest absolute Gasteiger partial charge is 0.508 e. The Hall–Kier alpha value is -1.02. The van der Waals surface area contributed by atoms with Gasteiger partial charge in [0.1, 0.15) is 5.75 Å². The summed E-state index contributed by atoms with van der Waals surface area (Å²) in [6.45, 7) is 2.36. The quantitative estimate of drug-likeness (QED) is 0.884. The second-order valence-electron chi connectivity index (χ2n) is 6.14. The van der Waals surface area contributed by atoms with Crippen LogP contribution in [0.4, 0.5) is 0 Å². The maximum atomic E-state index is 9.36. The zero-order valence-electron chi connectivity index (χ0n) is 11.8. The number of hydrogen-bond donors (Lipinski definition) is 1. The standard InChI is InChI=1S/C16H25NO/c1-13-8-10-16(11-9-13,17(2)3)12-14-4-6-15(18)7-5-14/h4-7,13,18H,8-12H2,1-3H3. The minimum atomic E-state index is 0.309. The number of benzene rings is 1. The number of likely N-dealkylation sites (N-methyl/N-ethyl adjacent to an activating group) is 1. The fraction of sp³-hybridized carbons (Fsp3) is 0.625. The van der Waals surface area contributed by atoms with E-state index in [1.54, 1.807) is 12.1 Å². The molecule has 0 atom stereocenters. The number of nitrogens with zero attached hydrogens (tertiary/aromatic N) is 1. The van der Waals surface area contributed by atoms with E-state index in [0.29, 0.717) is 11.3 Å². The second-order valence-corrected chi connectivity index (χ2v) is 6.14. The number of hydrogen-bond acceptors (Lipinski definition) is 2. The van der Waals surface area contributed by atoms with Crippen molar-refractivity contribution in [3.05, 3.63) is 29.8 Å². The zero-order valence-corrected chi connectivity index (χ0v) is 11.8. The molecule has 0 amide bonds. The lowest BCUT2D eigenvalue weighted by atomic mass is 9.73. The molecule has 0 aromatic heterocycles. The molecule has 1 aromatic carbocycles. The van der Waals surface area contributed by atoms with Crippen LogP contribution in [0.3, 0.4) is 0 Å². The second kappa shape index (κ2) is 5.31. The Morgan fingerprint density at radius 2 is 1.72 bits per heavy atom. The van der Waals surface area contributed by atoms with Crippen molar-refractivity contribution in [3.63, 3.8) is 0 Å². The predicted octanol–water partition coefficient (Wildman–Crippen LogP) is 3.45. The summed E-state index contributed by atoms with van der Waals surface area (Å²) >= 11 is 0. The normalized spacial score (nSPS) is 28.6. The van der Waals surface area contributed by atoms with E-state index in [1.165, 1.54) is 31.2 Å². The van der Waals surface area contributed by atoms with Crippen LogP contribution in [0.5, 0.6) is 5.75 Å². The van der Waals surface area contributed by atoms with Crippen molar-refractivity contribution in [1.29, 1.82) is 0 Å². The first-order valence-electron chi connectivity index (χ1n) is 6.97. The number of phenolic OH excluding ortho intramolecular Hbond substituents is 1. The van der Waals surface area contributed by atoms with E-state index in [9.17, 15) is 5.11 Å². The van der Waals surface area contributed by atoms with Crippen molar-refractivity contribution < 1.29 is 5.11 Å². The van der Waals surface area contributed by atoms with E-state index in [0.717, 1.165) is 12.3 Å². The molecular weight excluding hydrogens is 222 g/mol. The maximum Gasteiger partial charge on any atom is 0.115 e. The van der Waals surface area contributed by atoms with Crippen molar-refractivity contribution in [2.45, 2.75) is 44.6 Å². The van der Waals surface area contributed by atoms with Gasteiger partial charge in [0, 0.05) is 5.54 Å². The van der Waals surface area contributed by atoms with Gasteiger partial charge >= 0.3 is 0 Å². The highest BCUT2D eigenvalue weighted by molar-refractivity contribution is 5.27. The fourth-order valence-corrected chi connectivity index (χ4v) is 3.08. The van der Waals surface area contributed by atoms with Crippen molar-refractivity contribution in [1.82, 2.24) is 4.90 Å². The smallest absolute Gasteiger partial charge is 0.115 e. The molecule has 0 heterocycles. The van der Waals surface area contributed by atoms with Crippen molar-refractivity contribution in [2.75, 3.05) is 14.1 Å². The molecule has 1 aliphatic rings. The molecule has 1 fully saturated rings. The van der Waals surface area contributed by atoms with Gasteiger partial charge in [0.2, 0.25) is 0 Å². The molecule has 2 nitrogen and oxygen atoms in total. The molecule has 0 unspecified atom stereocenters. The van der Waals surface area contributed by atoms with Crippen LogP contribution in [-0.4, -0.2) is 29.6 Å². The summed E-state index contributed by atoms with van der Waals surface area (Å²) in [6.07, 6.45) is 6.31. The molecule has 0 saturated heterocycles. The molecule has 1 N–H and O–H groups in total. The molecule has 100 valence electrons. The molecular formula is C16H25NO. The van der Waals surface area contributed by atoms with E-state index in [1.807, 2.05) is 0 Å². The topological polar surface area (TPSA) is 23.5 Å². The van der Waals surface area contributed by atoms with Gasteiger partial charge in [-0.25, -0.2) is 0 Å². The average molecular weight is 247 g/mol. The molecule has 2 rings (SSSR count). The molecule has 1 aliphatic carbocycles. The van der Waals surface area contributed by atoms with Crippen LogP contribution >= 0.6 is 0 Å². The summed E-state index contributed by atoms with van der Waals surface area (Å²) in [5.74, 6) is 1.23. The van der Waals surface area contributed by atoms with Crippen molar-refractivity contribution >= 4 is 0 Å². The zero-order chi connectivity index (χ0) is 13.2. The Morgan fingerprint density at radius 3 is 2.22 bits per heavy atom. The van der Waals surface area contributed by atoms with Gasteiger partial charge in [0.05, 0.1) is 0 Å². The maximum absolute atomic E-state index is 9.36. The third-order valence-corrected chi connectivity index (χ3v) is 4.62. The first-order valence-corrected chi connectivity index (χ1v) is 6.97. The van der Waals surface area contributed by atoms with Gasteiger partial charge in [0.25, 0.3) is 0 Å². The first-order chi connectivity index (χ1) is 8.52. The molecule has 18 heavy (non-hydrogen) atoms. The molecule has 0 spiro atoms. The number of aromatic hydroxyl groups is 1. The summed E-state index contributed by atoms with van der Waals surface area (Å²) in [5.41, 5.74) is 1.64.